The summed E-state index contributed by atoms with van der Waals surface area (Å²) >= 11 is 0. The Morgan fingerprint density at radius 1 is 1.14 bits per heavy atom. The first-order valence-corrected chi connectivity index (χ1v) is 11.3. The molecular weight excluding hydrogens is 362 g/mol. The van der Waals surface area contributed by atoms with Crippen molar-refractivity contribution in [2.45, 2.75) is 45.6 Å². The Kier molecular flexibility index (Phi) is 6.44. The van der Waals surface area contributed by atoms with Gasteiger partial charge in [0.25, 0.3) is 0 Å². The Bertz CT molecular complexity index is 713. The van der Waals surface area contributed by atoms with E-state index in [0.717, 1.165) is 56.5 Å². The second kappa shape index (κ2) is 9.04. The van der Waals surface area contributed by atoms with Crippen LogP contribution in [0.15, 0.2) is 24.3 Å². The van der Waals surface area contributed by atoms with Gasteiger partial charge in [0.1, 0.15) is 6.79 Å². The molecule has 0 aromatic heterocycles. The third-order valence-electron chi connectivity index (χ3n) is 7.63. The Hall–Kier alpha value is -1.61. The third kappa shape index (κ3) is 4.60. The summed E-state index contributed by atoms with van der Waals surface area (Å²) in [5, 5.41) is 9.16. The topological polar surface area (TPSA) is 48.7 Å². The number of rotatable bonds is 6. The largest absolute Gasteiger partial charge is 0.371 e. The van der Waals surface area contributed by atoms with Gasteiger partial charge in [-0.3, -0.25) is 0 Å². The lowest BCUT2D eigenvalue weighted by molar-refractivity contribution is -0.0736. The monoisotopic (exact) mass is 397 g/mol. The molecule has 5 nitrogen and oxygen atoms in total. The van der Waals surface area contributed by atoms with Gasteiger partial charge in [-0.25, -0.2) is 0 Å². The molecule has 0 saturated carbocycles. The van der Waals surface area contributed by atoms with Crippen LogP contribution in [0.4, 0.5) is 5.69 Å². The first kappa shape index (κ1) is 20.7. The van der Waals surface area contributed by atoms with E-state index < -0.39 is 0 Å². The van der Waals surface area contributed by atoms with Crippen molar-refractivity contribution >= 4 is 5.69 Å². The second-order valence-electron chi connectivity index (χ2n) is 9.30. The lowest BCUT2D eigenvalue weighted by Crippen LogP contribution is -2.33. The fourth-order valence-corrected chi connectivity index (χ4v) is 5.51. The Labute approximate surface area is 175 Å². The number of hydrogen-bond donors (Lipinski definition) is 0. The average molecular weight is 398 g/mol. The van der Waals surface area contributed by atoms with Gasteiger partial charge in [0, 0.05) is 38.4 Å². The summed E-state index contributed by atoms with van der Waals surface area (Å²) in [7, 11) is 0. The van der Waals surface area contributed by atoms with Crippen molar-refractivity contribution in [1.82, 2.24) is 4.90 Å². The lowest BCUT2D eigenvalue weighted by Gasteiger charge is -2.32. The van der Waals surface area contributed by atoms with Crippen LogP contribution in [0.3, 0.4) is 0 Å². The molecule has 158 valence electrons. The Morgan fingerprint density at radius 2 is 1.90 bits per heavy atom. The molecule has 0 aliphatic carbocycles. The van der Waals surface area contributed by atoms with E-state index in [-0.39, 0.29) is 0 Å². The molecule has 1 aromatic rings. The van der Waals surface area contributed by atoms with Crippen molar-refractivity contribution < 1.29 is 9.47 Å². The van der Waals surface area contributed by atoms with Gasteiger partial charge < -0.3 is 19.3 Å². The predicted octanol–water partition coefficient (Wildman–Crippen LogP) is 3.89. The van der Waals surface area contributed by atoms with Gasteiger partial charge in [0.15, 0.2) is 0 Å². The van der Waals surface area contributed by atoms with Crippen LogP contribution in [0.2, 0.25) is 0 Å². The number of nitrogens with zero attached hydrogens (tertiary/aromatic N) is 3. The number of anilines is 1. The number of nitriles is 1. The lowest BCUT2D eigenvalue weighted by atomic mass is 9.78. The van der Waals surface area contributed by atoms with Crippen LogP contribution in [0.1, 0.15) is 45.1 Å². The summed E-state index contributed by atoms with van der Waals surface area (Å²) < 4.78 is 11.8. The zero-order valence-electron chi connectivity index (χ0n) is 18.0. The zero-order chi connectivity index (χ0) is 20.3. The molecule has 0 spiro atoms. The van der Waals surface area contributed by atoms with Crippen LogP contribution in [-0.2, 0) is 9.47 Å². The number of benzene rings is 1. The molecule has 0 bridgehead atoms. The summed E-state index contributed by atoms with van der Waals surface area (Å²) in [6, 6.07) is 10.3. The van der Waals surface area contributed by atoms with Crippen molar-refractivity contribution in [1.29, 1.82) is 5.26 Å². The van der Waals surface area contributed by atoms with Crippen molar-refractivity contribution in [2.24, 2.45) is 17.3 Å². The van der Waals surface area contributed by atoms with E-state index >= 15 is 0 Å². The normalized spacial score (nSPS) is 29.4. The Morgan fingerprint density at radius 3 is 2.59 bits per heavy atom. The van der Waals surface area contributed by atoms with Gasteiger partial charge in [0.2, 0.25) is 0 Å². The second-order valence-corrected chi connectivity index (χ2v) is 9.30. The molecule has 5 heteroatoms. The van der Waals surface area contributed by atoms with E-state index in [1.54, 1.807) is 0 Å². The maximum absolute atomic E-state index is 9.16. The molecule has 4 rings (SSSR count). The van der Waals surface area contributed by atoms with Crippen molar-refractivity contribution in [2.75, 3.05) is 51.0 Å². The highest BCUT2D eigenvalue weighted by molar-refractivity contribution is 5.52. The van der Waals surface area contributed by atoms with E-state index in [1.165, 1.54) is 31.6 Å². The van der Waals surface area contributed by atoms with Crippen LogP contribution in [0.5, 0.6) is 0 Å². The van der Waals surface area contributed by atoms with E-state index in [4.69, 9.17) is 14.7 Å². The van der Waals surface area contributed by atoms with Gasteiger partial charge in [-0.2, -0.15) is 5.26 Å². The molecule has 0 amide bonds. The van der Waals surface area contributed by atoms with E-state index in [0.29, 0.717) is 18.3 Å². The van der Waals surface area contributed by atoms with Gasteiger partial charge >= 0.3 is 0 Å². The van der Waals surface area contributed by atoms with Crippen LogP contribution < -0.4 is 4.90 Å². The maximum atomic E-state index is 9.16. The first-order chi connectivity index (χ1) is 14.1. The Balaban J connectivity index is 1.27. The highest BCUT2D eigenvalue weighted by Crippen LogP contribution is 2.37. The highest BCUT2D eigenvalue weighted by Gasteiger charge is 2.40. The van der Waals surface area contributed by atoms with Crippen molar-refractivity contribution in [3.8, 4) is 6.07 Å². The van der Waals surface area contributed by atoms with E-state index in [2.05, 4.69) is 35.8 Å². The van der Waals surface area contributed by atoms with Gasteiger partial charge in [-0.15, -0.1) is 0 Å². The molecule has 29 heavy (non-hydrogen) atoms. The van der Waals surface area contributed by atoms with Crippen LogP contribution in [0.25, 0.3) is 0 Å². The summed E-state index contributed by atoms with van der Waals surface area (Å²) in [5.74, 6) is 1.48. The highest BCUT2D eigenvalue weighted by atomic mass is 16.7. The van der Waals surface area contributed by atoms with Gasteiger partial charge in [-0.1, -0.05) is 19.9 Å². The number of ether oxygens (including phenoxy) is 2. The molecule has 1 aromatic carbocycles. The quantitative estimate of drug-likeness (QED) is 0.729. The molecule has 3 unspecified atom stereocenters. The summed E-state index contributed by atoms with van der Waals surface area (Å²) in [4.78, 5) is 5.11. The standard InChI is InChI=1S/C24H35N3O2/c1-3-24(4-2)11-23(29-18-28-17-24)8-9-26-13-20-15-27(16-21(20)14-26)22-7-5-6-19(10-22)12-25/h5-7,10,20-21,23H,3-4,8-9,11,13-18H2,1-2H3. The summed E-state index contributed by atoms with van der Waals surface area (Å²) in [6.07, 6.45) is 4.89. The van der Waals surface area contributed by atoms with Crippen molar-refractivity contribution in [3.63, 3.8) is 0 Å². The minimum atomic E-state index is 0.293. The van der Waals surface area contributed by atoms with Gasteiger partial charge in [0.05, 0.1) is 24.3 Å². The van der Waals surface area contributed by atoms with Gasteiger partial charge in [-0.05, 0) is 61.1 Å². The fraction of sp³-hybridized carbons (Fsp3) is 0.708. The van der Waals surface area contributed by atoms with Crippen LogP contribution in [0, 0.1) is 28.6 Å². The molecule has 3 aliphatic rings. The molecule has 3 aliphatic heterocycles. The minimum absolute atomic E-state index is 0.293. The van der Waals surface area contributed by atoms with Crippen LogP contribution in [-0.4, -0.2) is 57.1 Å². The maximum Gasteiger partial charge on any atom is 0.147 e. The smallest absolute Gasteiger partial charge is 0.147 e. The van der Waals surface area contributed by atoms with Crippen LogP contribution >= 0.6 is 0 Å². The molecule has 3 fully saturated rings. The predicted molar refractivity (Wildman–Crippen MR) is 115 cm³/mol. The molecule has 0 radical (unpaired) electrons. The number of fused-ring (bicyclic) bond motifs is 1. The zero-order valence-corrected chi connectivity index (χ0v) is 18.0. The third-order valence-corrected chi connectivity index (χ3v) is 7.63. The van der Waals surface area contributed by atoms with Crippen molar-refractivity contribution in [3.05, 3.63) is 29.8 Å². The fourth-order valence-electron chi connectivity index (χ4n) is 5.51. The first-order valence-electron chi connectivity index (χ1n) is 11.3. The SMILES string of the molecule is CCC1(CC)COCOC(CCN2CC3CN(c4cccc(C#N)c4)CC3C2)C1. The molecule has 3 saturated heterocycles. The molecule has 0 N–H and O–H groups in total. The molecule has 3 atom stereocenters. The number of likely N-dealkylation sites (tertiary alicyclic amines) is 1. The summed E-state index contributed by atoms with van der Waals surface area (Å²) in [6.45, 7) is 11.6. The summed E-state index contributed by atoms with van der Waals surface area (Å²) in [5.41, 5.74) is 2.25. The average Bonchev–Trinajstić information content (AvgIpc) is 3.25. The minimum Gasteiger partial charge on any atom is -0.371 e. The number of hydrogen-bond acceptors (Lipinski definition) is 5. The van der Waals surface area contributed by atoms with E-state index in [9.17, 15) is 0 Å². The van der Waals surface area contributed by atoms with E-state index in [1.807, 2.05) is 18.2 Å². The molecule has 3 heterocycles. The molecular formula is C24H35N3O2.